The van der Waals surface area contributed by atoms with Gasteiger partial charge in [0.25, 0.3) is 0 Å². The van der Waals surface area contributed by atoms with Crippen LogP contribution >= 0.6 is 11.8 Å². The third kappa shape index (κ3) is 5.13. The van der Waals surface area contributed by atoms with Crippen molar-refractivity contribution in [3.8, 4) is 0 Å². The van der Waals surface area contributed by atoms with Crippen LogP contribution in [0.25, 0.3) is 0 Å². The van der Waals surface area contributed by atoms with Crippen molar-refractivity contribution in [1.29, 1.82) is 0 Å². The van der Waals surface area contributed by atoms with E-state index in [0.29, 0.717) is 10.8 Å². The maximum atomic E-state index is 4.39. The number of hydrogen-bond acceptors (Lipinski definition) is 3. The van der Waals surface area contributed by atoms with Crippen LogP contribution in [0.2, 0.25) is 0 Å². The Balaban J connectivity index is 2.59. The third-order valence-electron chi connectivity index (χ3n) is 2.54. The lowest BCUT2D eigenvalue weighted by molar-refractivity contribution is 0.599. The molecule has 1 aromatic rings. The van der Waals surface area contributed by atoms with Crippen LogP contribution < -0.4 is 5.32 Å². The molecule has 0 aliphatic rings. The minimum atomic E-state index is 0.314. The van der Waals surface area contributed by atoms with Gasteiger partial charge in [-0.1, -0.05) is 27.7 Å². The molecule has 1 rings (SSSR count). The number of nitrogens with one attached hydrogen (secondary N) is 1. The summed E-state index contributed by atoms with van der Waals surface area (Å²) in [4.78, 5) is 0. The van der Waals surface area contributed by atoms with E-state index >= 15 is 0 Å². The quantitative estimate of drug-likeness (QED) is 0.847. The first-order valence-corrected chi connectivity index (χ1v) is 7.28. The zero-order chi connectivity index (χ0) is 12.9. The van der Waals surface area contributed by atoms with E-state index in [2.05, 4.69) is 44.3 Å². The van der Waals surface area contributed by atoms with Gasteiger partial charge in [-0.05, 0) is 13.5 Å². The highest BCUT2D eigenvalue weighted by molar-refractivity contribution is 8.00. The van der Waals surface area contributed by atoms with Crippen molar-refractivity contribution in [3.05, 3.63) is 18.0 Å². The normalized spacial score (nSPS) is 13.9. The number of thioether (sulfide) groups is 1. The number of aromatic nitrogens is 2. The first-order valence-electron chi connectivity index (χ1n) is 6.30. The first-order chi connectivity index (χ1) is 7.96. The van der Waals surface area contributed by atoms with Crippen LogP contribution in [0.1, 0.15) is 45.7 Å². The average Bonchev–Trinajstić information content (AvgIpc) is 2.66. The molecular weight excluding hydrogens is 230 g/mol. The minimum Gasteiger partial charge on any atom is -0.312 e. The molecule has 0 radical (unpaired) electrons. The second-order valence-electron chi connectivity index (χ2n) is 5.30. The molecule has 98 valence electrons. The fourth-order valence-electron chi connectivity index (χ4n) is 1.59. The van der Waals surface area contributed by atoms with Crippen molar-refractivity contribution in [1.82, 2.24) is 15.1 Å². The lowest BCUT2D eigenvalue weighted by Gasteiger charge is -2.22. The molecule has 1 aromatic heterocycles. The van der Waals surface area contributed by atoms with Crippen molar-refractivity contribution < 1.29 is 0 Å². The van der Waals surface area contributed by atoms with Gasteiger partial charge in [0.2, 0.25) is 0 Å². The molecule has 3 nitrogen and oxygen atoms in total. The van der Waals surface area contributed by atoms with Crippen molar-refractivity contribution in [2.45, 2.75) is 51.4 Å². The van der Waals surface area contributed by atoms with Gasteiger partial charge in [0, 0.05) is 34.8 Å². The van der Waals surface area contributed by atoms with Crippen LogP contribution in [-0.2, 0) is 6.54 Å². The molecule has 0 saturated carbocycles. The molecule has 0 aliphatic heterocycles. The number of nitrogens with zero attached hydrogens (tertiary/aromatic N) is 2. The van der Waals surface area contributed by atoms with E-state index in [0.717, 1.165) is 18.7 Å². The van der Waals surface area contributed by atoms with E-state index in [1.165, 1.54) is 5.56 Å². The highest BCUT2D eigenvalue weighted by atomic mass is 32.2. The summed E-state index contributed by atoms with van der Waals surface area (Å²) < 4.78 is 2.34. The highest BCUT2D eigenvalue weighted by Crippen LogP contribution is 2.28. The van der Waals surface area contributed by atoms with Crippen molar-refractivity contribution in [2.24, 2.45) is 0 Å². The van der Waals surface area contributed by atoms with E-state index < -0.39 is 0 Å². The van der Waals surface area contributed by atoms with Crippen LogP contribution in [0.5, 0.6) is 0 Å². The third-order valence-corrected chi connectivity index (χ3v) is 3.91. The first kappa shape index (κ1) is 14.6. The Morgan fingerprint density at radius 2 is 2.18 bits per heavy atom. The Labute approximate surface area is 109 Å². The van der Waals surface area contributed by atoms with Crippen LogP contribution in [-0.4, -0.2) is 27.3 Å². The van der Waals surface area contributed by atoms with E-state index in [4.69, 9.17) is 0 Å². The molecular formula is C13H25N3S. The van der Waals surface area contributed by atoms with Crippen molar-refractivity contribution in [2.75, 3.05) is 12.8 Å². The molecule has 1 N–H and O–H groups in total. The Bertz CT molecular complexity index is 328. The monoisotopic (exact) mass is 255 g/mol. The molecule has 0 bridgehead atoms. The predicted molar refractivity (Wildman–Crippen MR) is 76.5 cm³/mol. The SMILES string of the molecule is CCCn1cc(C(CSC(C)(C)C)NC)cn1. The summed E-state index contributed by atoms with van der Waals surface area (Å²) >= 11 is 1.98. The van der Waals surface area contributed by atoms with E-state index in [1.807, 2.05) is 29.7 Å². The molecule has 1 unspecified atom stereocenters. The van der Waals surface area contributed by atoms with Gasteiger partial charge in [0.05, 0.1) is 6.20 Å². The van der Waals surface area contributed by atoms with Gasteiger partial charge in [0.1, 0.15) is 0 Å². The van der Waals surface area contributed by atoms with Gasteiger partial charge in [-0.15, -0.1) is 0 Å². The molecule has 0 aliphatic carbocycles. The molecule has 0 saturated heterocycles. The van der Waals surface area contributed by atoms with Crippen LogP contribution in [0, 0.1) is 0 Å². The Morgan fingerprint density at radius 3 is 2.71 bits per heavy atom. The van der Waals surface area contributed by atoms with Crippen LogP contribution in [0.4, 0.5) is 0 Å². The number of aryl methyl sites for hydroxylation is 1. The fraction of sp³-hybridized carbons (Fsp3) is 0.769. The van der Waals surface area contributed by atoms with E-state index in [-0.39, 0.29) is 0 Å². The summed E-state index contributed by atoms with van der Waals surface area (Å²) in [5.74, 6) is 1.08. The zero-order valence-corrected chi connectivity index (χ0v) is 12.5. The lowest BCUT2D eigenvalue weighted by Crippen LogP contribution is -2.21. The molecule has 1 heterocycles. The van der Waals surface area contributed by atoms with E-state index in [1.54, 1.807) is 0 Å². The summed E-state index contributed by atoms with van der Waals surface area (Å²) in [5.41, 5.74) is 1.29. The molecule has 1 atom stereocenters. The fourth-order valence-corrected chi connectivity index (χ4v) is 2.62. The average molecular weight is 255 g/mol. The van der Waals surface area contributed by atoms with Crippen LogP contribution in [0.15, 0.2) is 12.4 Å². The topological polar surface area (TPSA) is 29.9 Å². The maximum Gasteiger partial charge on any atom is 0.0537 e. The van der Waals surface area contributed by atoms with Gasteiger partial charge in [-0.25, -0.2) is 0 Å². The zero-order valence-electron chi connectivity index (χ0n) is 11.7. The second kappa shape index (κ2) is 6.45. The highest BCUT2D eigenvalue weighted by Gasteiger charge is 2.17. The standard InChI is InChI=1S/C13H25N3S/c1-6-7-16-9-11(8-15-16)12(14-5)10-17-13(2,3)4/h8-9,12,14H,6-7,10H2,1-5H3. The van der Waals surface area contributed by atoms with Gasteiger partial charge in [0.15, 0.2) is 0 Å². The van der Waals surface area contributed by atoms with Gasteiger partial charge >= 0.3 is 0 Å². The number of hydrogen-bond donors (Lipinski definition) is 1. The maximum absolute atomic E-state index is 4.39. The molecule has 0 fully saturated rings. The van der Waals surface area contributed by atoms with Crippen molar-refractivity contribution in [3.63, 3.8) is 0 Å². The summed E-state index contributed by atoms with van der Waals surface area (Å²) in [6.07, 6.45) is 5.27. The Morgan fingerprint density at radius 1 is 1.47 bits per heavy atom. The Hall–Kier alpha value is -0.480. The summed E-state index contributed by atoms with van der Waals surface area (Å²) in [5, 5.41) is 7.76. The molecule has 0 aromatic carbocycles. The molecule has 4 heteroatoms. The largest absolute Gasteiger partial charge is 0.312 e. The number of rotatable bonds is 6. The predicted octanol–water partition coefficient (Wildman–Crippen LogP) is 3.09. The van der Waals surface area contributed by atoms with E-state index in [9.17, 15) is 0 Å². The second-order valence-corrected chi connectivity index (χ2v) is 7.15. The smallest absolute Gasteiger partial charge is 0.0537 e. The van der Waals surface area contributed by atoms with Crippen LogP contribution in [0.3, 0.4) is 0 Å². The summed E-state index contributed by atoms with van der Waals surface area (Å²) in [6.45, 7) is 9.94. The molecule has 0 amide bonds. The lowest BCUT2D eigenvalue weighted by atomic mass is 10.2. The summed E-state index contributed by atoms with van der Waals surface area (Å²) in [7, 11) is 2.02. The van der Waals surface area contributed by atoms with Gasteiger partial charge in [-0.3, -0.25) is 4.68 Å². The minimum absolute atomic E-state index is 0.314. The van der Waals surface area contributed by atoms with Gasteiger partial charge < -0.3 is 5.32 Å². The Kier molecular flexibility index (Phi) is 5.53. The molecule has 17 heavy (non-hydrogen) atoms. The van der Waals surface area contributed by atoms with Crippen molar-refractivity contribution >= 4 is 11.8 Å². The summed E-state index contributed by atoms with van der Waals surface area (Å²) in [6, 6.07) is 0.393. The molecule has 0 spiro atoms. The van der Waals surface area contributed by atoms with Gasteiger partial charge in [-0.2, -0.15) is 16.9 Å².